The summed E-state index contributed by atoms with van der Waals surface area (Å²) < 4.78 is 27.6. The van der Waals surface area contributed by atoms with Crippen molar-refractivity contribution in [2.75, 3.05) is 20.0 Å². The Labute approximate surface area is 139 Å². The molecule has 2 heterocycles. The summed E-state index contributed by atoms with van der Waals surface area (Å²) in [5, 5.41) is 18.3. The maximum Gasteiger partial charge on any atom is 0.200 e. The van der Waals surface area contributed by atoms with E-state index in [1.54, 1.807) is 24.3 Å². The molecule has 0 aromatic heterocycles. The fourth-order valence-corrected chi connectivity index (χ4v) is 2.65. The van der Waals surface area contributed by atoms with Gasteiger partial charge in [0.05, 0.1) is 13.2 Å². The van der Waals surface area contributed by atoms with Gasteiger partial charge in [0, 0.05) is 12.8 Å². The molecule has 2 aliphatic rings. The molecule has 4 atom stereocenters. The van der Waals surface area contributed by atoms with E-state index >= 15 is 0 Å². The van der Waals surface area contributed by atoms with Crippen LogP contribution in [-0.4, -0.2) is 55.2 Å². The molecule has 8 nitrogen and oxygen atoms in total. The van der Waals surface area contributed by atoms with Gasteiger partial charge in [0.25, 0.3) is 0 Å². The van der Waals surface area contributed by atoms with Crippen LogP contribution < -0.4 is 4.74 Å². The first-order chi connectivity index (χ1) is 11.7. The van der Waals surface area contributed by atoms with E-state index in [0.29, 0.717) is 31.6 Å². The molecule has 1 unspecified atom stereocenters. The van der Waals surface area contributed by atoms with Gasteiger partial charge in [-0.2, -0.15) is 0 Å². The molecule has 1 aromatic carbocycles. The number of hydrogen-bond donors (Lipinski definition) is 2. The molecule has 2 saturated heterocycles. The third-order valence-electron chi connectivity index (χ3n) is 3.95. The molecule has 134 valence electrons. The molecule has 1 aromatic rings. The number of benzene rings is 1. The average Bonchev–Trinajstić information content (AvgIpc) is 2.63. The lowest BCUT2D eigenvalue weighted by atomic mass is 10.1. The van der Waals surface area contributed by atoms with Gasteiger partial charge in [-0.05, 0) is 30.7 Å². The molecule has 24 heavy (non-hydrogen) atoms. The van der Waals surface area contributed by atoms with E-state index < -0.39 is 18.5 Å². The predicted molar refractivity (Wildman–Crippen MR) is 80.4 cm³/mol. The number of ether oxygens (including phenoxy) is 5. The first-order valence-electron chi connectivity index (χ1n) is 7.97. The van der Waals surface area contributed by atoms with Crippen molar-refractivity contribution in [2.24, 2.45) is 0 Å². The van der Waals surface area contributed by atoms with E-state index in [0.717, 1.165) is 0 Å². The molecular formula is C16H22O8. The summed E-state index contributed by atoms with van der Waals surface area (Å²) in [4.78, 5) is 4.50. The largest absolute Gasteiger partial charge is 0.508 e. The lowest BCUT2D eigenvalue weighted by Crippen LogP contribution is -2.45. The lowest BCUT2D eigenvalue weighted by Gasteiger charge is -2.35. The van der Waals surface area contributed by atoms with Crippen LogP contribution in [0.15, 0.2) is 24.3 Å². The molecular weight excluding hydrogens is 320 g/mol. The van der Waals surface area contributed by atoms with Crippen LogP contribution in [0.4, 0.5) is 0 Å². The Kier molecular flexibility index (Phi) is 6.24. The first-order valence-corrected chi connectivity index (χ1v) is 7.97. The first kappa shape index (κ1) is 17.4. The summed E-state index contributed by atoms with van der Waals surface area (Å²) in [5.41, 5.74) is 0. The second kappa shape index (κ2) is 8.61. The van der Waals surface area contributed by atoms with Crippen molar-refractivity contribution in [3.63, 3.8) is 0 Å². The molecule has 0 aliphatic carbocycles. The molecule has 0 saturated carbocycles. The molecule has 0 amide bonds. The minimum Gasteiger partial charge on any atom is -0.508 e. The normalized spacial score (nSPS) is 30.9. The summed E-state index contributed by atoms with van der Waals surface area (Å²) in [6.45, 7) is 1.01. The minimum absolute atomic E-state index is 0.170. The van der Waals surface area contributed by atoms with Crippen LogP contribution in [0.25, 0.3) is 0 Å². The lowest BCUT2D eigenvalue weighted by molar-refractivity contribution is -0.336. The van der Waals surface area contributed by atoms with Gasteiger partial charge < -0.3 is 28.8 Å². The van der Waals surface area contributed by atoms with Crippen molar-refractivity contribution in [2.45, 2.75) is 44.1 Å². The predicted octanol–water partition coefficient (Wildman–Crippen LogP) is 1.87. The van der Waals surface area contributed by atoms with Crippen LogP contribution in [0.5, 0.6) is 11.5 Å². The van der Waals surface area contributed by atoms with E-state index in [2.05, 4.69) is 4.89 Å². The van der Waals surface area contributed by atoms with Crippen molar-refractivity contribution < 1.29 is 38.9 Å². The van der Waals surface area contributed by atoms with Crippen molar-refractivity contribution in [1.29, 1.82) is 0 Å². The molecule has 3 rings (SSSR count). The van der Waals surface area contributed by atoms with E-state index in [1.165, 1.54) is 0 Å². The van der Waals surface area contributed by atoms with E-state index in [1.807, 2.05) is 0 Å². The summed E-state index contributed by atoms with van der Waals surface area (Å²) in [6, 6.07) is 6.41. The number of phenols is 1. The number of rotatable bonds is 6. The van der Waals surface area contributed by atoms with Crippen molar-refractivity contribution >= 4 is 0 Å². The van der Waals surface area contributed by atoms with Crippen LogP contribution in [-0.2, 0) is 23.8 Å². The maximum absolute atomic E-state index is 9.30. The Morgan fingerprint density at radius 1 is 1.08 bits per heavy atom. The van der Waals surface area contributed by atoms with Gasteiger partial charge in [-0.1, -0.05) is 0 Å². The van der Waals surface area contributed by atoms with E-state index in [4.69, 9.17) is 28.9 Å². The molecule has 0 spiro atoms. The van der Waals surface area contributed by atoms with E-state index in [9.17, 15) is 5.11 Å². The standard InChI is InChI=1S/C16H22O8/c17-11-1-3-12(4-2-11)22-16-6-5-13(24-18)14(23-16)9-20-15-7-8-19-10-21-15/h1-4,13-18H,5-10H2/t13-,14?,15+,16+/m0/s1. The quantitative estimate of drug-likeness (QED) is 0.597. The summed E-state index contributed by atoms with van der Waals surface area (Å²) in [7, 11) is 0. The second-order valence-corrected chi connectivity index (χ2v) is 5.68. The summed E-state index contributed by atoms with van der Waals surface area (Å²) in [6.07, 6.45) is -0.00429. The van der Waals surface area contributed by atoms with Crippen LogP contribution in [0, 0.1) is 0 Å². The zero-order chi connectivity index (χ0) is 16.8. The van der Waals surface area contributed by atoms with Crippen LogP contribution in [0.1, 0.15) is 19.3 Å². The highest BCUT2D eigenvalue weighted by Gasteiger charge is 2.34. The third kappa shape index (κ3) is 4.79. The van der Waals surface area contributed by atoms with Gasteiger partial charge in [-0.15, -0.1) is 0 Å². The smallest absolute Gasteiger partial charge is 0.200 e. The Hall–Kier alpha value is -1.42. The Balaban J connectivity index is 1.51. The minimum atomic E-state index is -0.482. The van der Waals surface area contributed by atoms with Crippen LogP contribution >= 0.6 is 0 Å². The summed E-state index contributed by atoms with van der Waals surface area (Å²) in [5.74, 6) is 0.761. The molecule has 8 heteroatoms. The van der Waals surface area contributed by atoms with Gasteiger partial charge in [-0.25, -0.2) is 4.89 Å². The zero-order valence-corrected chi connectivity index (χ0v) is 13.2. The van der Waals surface area contributed by atoms with E-state index in [-0.39, 0.29) is 25.4 Å². The van der Waals surface area contributed by atoms with Crippen LogP contribution in [0.3, 0.4) is 0 Å². The topological polar surface area (TPSA) is 95.8 Å². The molecule has 2 aliphatic heterocycles. The van der Waals surface area contributed by atoms with Gasteiger partial charge in [0.15, 0.2) is 12.6 Å². The SMILES string of the molecule is OO[C@H]1CC[C@H](Oc2ccc(O)cc2)OC1CO[C@H]1CCOCO1. The van der Waals surface area contributed by atoms with Crippen molar-refractivity contribution in [3.8, 4) is 11.5 Å². The Morgan fingerprint density at radius 2 is 1.92 bits per heavy atom. The number of aromatic hydroxyl groups is 1. The van der Waals surface area contributed by atoms with Crippen molar-refractivity contribution in [3.05, 3.63) is 24.3 Å². The molecule has 0 bridgehead atoms. The molecule has 2 N–H and O–H groups in total. The second-order valence-electron chi connectivity index (χ2n) is 5.68. The summed E-state index contributed by atoms with van der Waals surface area (Å²) >= 11 is 0. The van der Waals surface area contributed by atoms with Crippen LogP contribution in [0.2, 0.25) is 0 Å². The fraction of sp³-hybridized carbons (Fsp3) is 0.625. The molecule has 2 fully saturated rings. The maximum atomic E-state index is 9.30. The molecule has 0 radical (unpaired) electrons. The third-order valence-corrected chi connectivity index (χ3v) is 3.95. The van der Waals surface area contributed by atoms with Gasteiger partial charge in [0.1, 0.15) is 30.5 Å². The zero-order valence-electron chi connectivity index (χ0n) is 13.2. The fourth-order valence-electron chi connectivity index (χ4n) is 2.65. The van der Waals surface area contributed by atoms with Gasteiger partial charge in [0.2, 0.25) is 0 Å². The Morgan fingerprint density at radius 3 is 2.62 bits per heavy atom. The average molecular weight is 342 g/mol. The van der Waals surface area contributed by atoms with Gasteiger partial charge in [-0.3, -0.25) is 5.26 Å². The monoisotopic (exact) mass is 342 g/mol. The number of phenolic OH excluding ortho intramolecular Hbond substituents is 1. The highest BCUT2D eigenvalue weighted by Crippen LogP contribution is 2.26. The Bertz CT molecular complexity index is 487. The van der Waals surface area contributed by atoms with Gasteiger partial charge >= 0.3 is 0 Å². The number of hydrogen-bond acceptors (Lipinski definition) is 8. The highest BCUT2D eigenvalue weighted by molar-refractivity contribution is 5.30. The van der Waals surface area contributed by atoms with Crippen molar-refractivity contribution in [1.82, 2.24) is 0 Å². The highest BCUT2D eigenvalue weighted by atomic mass is 17.1.